The molecule has 2 aromatic rings. The van der Waals surface area contributed by atoms with Crippen LogP contribution in [0.2, 0.25) is 0 Å². The first-order chi connectivity index (χ1) is 11.8. The van der Waals surface area contributed by atoms with Gasteiger partial charge in [-0.05, 0) is 22.3 Å². The molecule has 0 atom stereocenters. The maximum absolute atomic E-state index is 12.2. The van der Waals surface area contributed by atoms with Crippen LogP contribution in [0.25, 0.3) is 11.1 Å². The molecule has 1 aliphatic heterocycles. The summed E-state index contributed by atoms with van der Waals surface area (Å²) in [5, 5.41) is 0. The van der Waals surface area contributed by atoms with Crippen LogP contribution >= 0.6 is 0 Å². The molecule has 1 fully saturated rings. The van der Waals surface area contributed by atoms with Gasteiger partial charge in [-0.2, -0.15) is 0 Å². The number of amides is 1. The average molecular weight is 317 g/mol. The second kappa shape index (κ2) is 6.05. The third-order valence-electron chi connectivity index (χ3n) is 4.96. The second-order valence-corrected chi connectivity index (χ2v) is 6.48. The Morgan fingerprint density at radius 3 is 2.25 bits per heavy atom. The minimum absolute atomic E-state index is 0.115. The Hall–Kier alpha value is -2.73. The number of fused-ring (bicyclic) bond motifs is 3. The molecule has 0 spiro atoms. The summed E-state index contributed by atoms with van der Waals surface area (Å²) < 4.78 is 5.61. The molecule has 0 aromatic heterocycles. The zero-order valence-electron chi connectivity index (χ0n) is 13.4. The van der Waals surface area contributed by atoms with E-state index in [0.717, 1.165) is 6.42 Å². The van der Waals surface area contributed by atoms with E-state index in [9.17, 15) is 4.79 Å². The zero-order chi connectivity index (χ0) is 16.5. The monoisotopic (exact) mass is 317 g/mol. The summed E-state index contributed by atoms with van der Waals surface area (Å²) in [6.07, 6.45) is 5.81. The normalized spacial score (nSPS) is 16.0. The van der Waals surface area contributed by atoms with E-state index >= 15 is 0 Å². The van der Waals surface area contributed by atoms with E-state index < -0.39 is 0 Å². The highest BCUT2D eigenvalue weighted by Crippen LogP contribution is 2.44. The molecule has 1 heterocycles. The standard InChI is InChI=1S/C21H19NO2/c1-2-7-15-12-22(13-15)21(23)24-14-20-18-10-5-3-8-16(18)17-9-4-6-11-19(17)20/h1,3-6,8-11,15,20H,7,12-14H2. The highest BCUT2D eigenvalue weighted by molar-refractivity contribution is 5.79. The number of nitrogens with zero attached hydrogens (tertiary/aromatic N) is 1. The Morgan fingerprint density at radius 1 is 1.08 bits per heavy atom. The van der Waals surface area contributed by atoms with Crippen molar-refractivity contribution >= 4 is 6.09 Å². The molecule has 4 rings (SSSR count). The van der Waals surface area contributed by atoms with Gasteiger partial charge in [-0.3, -0.25) is 0 Å². The van der Waals surface area contributed by atoms with Gasteiger partial charge in [0.2, 0.25) is 0 Å². The Kier molecular flexibility index (Phi) is 3.74. The lowest BCUT2D eigenvalue weighted by Crippen LogP contribution is -2.50. The van der Waals surface area contributed by atoms with Gasteiger partial charge in [-0.25, -0.2) is 4.79 Å². The number of ether oxygens (including phenoxy) is 1. The molecule has 2 aromatic carbocycles. The predicted molar refractivity (Wildman–Crippen MR) is 93.6 cm³/mol. The molecule has 3 nitrogen and oxygen atoms in total. The fourth-order valence-corrected chi connectivity index (χ4v) is 3.70. The molecule has 3 heteroatoms. The summed E-state index contributed by atoms with van der Waals surface area (Å²) in [4.78, 5) is 13.9. The van der Waals surface area contributed by atoms with E-state index in [-0.39, 0.29) is 12.0 Å². The topological polar surface area (TPSA) is 29.5 Å². The first-order valence-corrected chi connectivity index (χ1v) is 8.31. The Balaban J connectivity index is 1.46. The van der Waals surface area contributed by atoms with Crippen LogP contribution in [0.5, 0.6) is 0 Å². The van der Waals surface area contributed by atoms with E-state index in [1.54, 1.807) is 4.90 Å². The molecular formula is C21H19NO2. The molecule has 1 aliphatic carbocycles. The van der Waals surface area contributed by atoms with Crippen molar-refractivity contribution in [3.63, 3.8) is 0 Å². The molecular weight excluding hydrogens is 298 g/mol. The molecule has 0 N–H and O–H groups in total. The number of carbonyl (C=O) groups is 1. The van der Waals surface area contributed by atoms with Crippen LogP contribution in [-0.4, -0.2) is 30.7 Å². The first kappa shape index (κ1) is 14.8. The van der Waals surface area contributed by atoms with Gasteiger partial charge in [0.05, 0.1) is 0 Å². The molecule has 1 saturated heterocycles. The lowest BCUT2D eigenvalue weighted by Gasteiger charge is -2.37. The van der Waals surface area contributed by atoms with Crippen LogP contribution < -0.4 is 0 Å². The second-order valence-electron chi connectivity index (χ2n) is 6.48. The van der Waals surface area contributed by atoms with Crippen molar-refractivity contribution in [1.29, 1.82) is 0 Å². The largest absolute Gasteiger partial charge is 0.448 e. The van der Waals surface area contributed by atoms with Gasteiger partial charge in [0, 0.05) is 31.3 Å². The van der Waals surface area contributed by atoms with E-state index in [2.05, 4.69) is 42.3 Å². The van der Waals surface area contributed by atoms with Gasteiger partial charge in [0.1, 0.15) is 6.61 Å². The van der Waals surface area contributed by atoms with E-state index in [1.165, 1.54) is 22.3 Å². The fourth-order valence-electron chi connectivity index (χ4n) is 3.70. The van der Waals surface area contributed by atoms with E-state index in [1.807, 2.05) is 12.1 Å². The summed E-state index contributed by atoms with van der Waals surface area (Å²) in [5.41, 5.74) is 4.96. The van der Waals surface area contributed by atoms with Gasteiger partial charge in [-0.15, -0.1) is 12.3 Å². The minimum atomic E-state index is -0.231. The van der Waals surface area contributed by atoms with Gasteiger partial charge >= 0.3 is 6.09 Å². The summed E-state index contributed by atoms with van der Waals surface area (Å²) >= 11 is 0. The van der Waals surface area contributed by atoms with Crippen molar-refractivity contribution in [3.05, 3.63) is 59.7 Å². The van der Waals surface area contributed by atoms with Crippen molar-refractivity contribution in [1.82, 2.24) is 4.90 Å². The van der Waals surface area contributed by atoms with E-state index in [4.69, 9.17) is 11.2 Å². The molecule has 1 amide bonds. The SMILES string of the molecule is C#CCC1CN(C(=O)OCC2c3ccccc3-c3ccccc32)C1. The number of hydrogen-bond acceptors (Lipinski definition) is 2. The number of benzene rings is 2. The fraction of sp³-hybridized carbons (Fsp3) is 0.286. The molecule has 0 radical (unpaired) electrons. The summed E-state index contributed by atoms with van der Waals surface area (Å²) in [6.45, 7) is 1.80. The van der Waals surface area contributed by atoms with Crippen LogP contribution in [0.4, 0.5) is 4.79 Å². The van der Waals surface area contributed by atoms with Crippen LogP contribution in [-0.2, 0) is 4.74 Å². The quantitative estimate of drug-likeness (QED) is 0.804. The number of carbonyl (C=O) groups excluding carboxylic acids is 1. The number of terminal acetylenes is 1. The maximum Gasteiger partial charge on any atom is 0.409 e. The summed E-state index contributed by atoms with van der Waals surface area (Å²) in [5.74, 6) is 3.19. The van der Waals surface area contributed by atoms with Crippen LogP contribution in [0.3, 0.4) is 0 Å². The zero-order valence-corrected chi connectivity index (χ0v) is 13.4. The lowest BCUT2D eigenvalue weighted by atomic mass is 9.97. The maximum atomic E-state index is 12.2. The molecule has 0 unspecified atom stereocenters. The molecule has 120 valence electrons. The van der Waals surface area contributed by atoms with E-state index in [0.29, 0.717) is 25.6 Å². The van der Waals surface area contributed by atoms with Crippen molar-refractivity contribution in [2.24, 2.45) is 5.92 Å². The Bertz CT molecular complexity index is 769. The molecule has 0 saturated carbocycles. The third kappa shape index (κ3) is 2.45. The molecule has 24 heavy (non-hydrogen) atoms. The van der Waals surface area contributed by atoms with Crippen LogP contribution in [0.1, 0.15) is 23.5 Å². The Labute approximate surface area is 142 Å². The van der Waals surface area contributed by atoms with Crippen molar-refractivity contribution in [2.45, 2.75) is 12.3 Å². The number of hydrogen-bond donors (Lipinski definition) is 0. The van der Waals surface area contributed by atoms with Crippen LogP contribution in [0.15, 0.2) is 48.5 Å². The first-order valence-electron chi connectivity index (χ1n) is 8.31. The van der Waals surface area contributed by atoms with Gasteiger partial charge in [-0.1, -0.05) is 48.5 Å². The smallest absolute Gasteiger partial charge is 0.409 e. The predicted octanol–water partition coefficient (Wildman–Crippen LogP) is 3.89. The van der Waals surface area contributed by atoms with Crippen molar-refractivity contribution in [2.75, 3.05) is 19.7 Å². The molecule has 0 bridgehead atoms. The number of rotatable bonds is 3. The highest BCUT2D eigenvalue weighted by Gasteiger charge is 2.33. The minimum Gasteiger partial charge on any atom is -0.448 e. The van der Waals surface area contributed by atoms with Gasteiger partial charge in [0.25, 0.3) is 0 Å². The summed E-state index contributed by atoms with van der Waals surface area (Å²) in [6, 6.07) is 16.7. The van der Waals surface area contributed by atoms with Gasteiger partial charge < -0.3 is 9.64 Å². The third-order valence-corrected chi connectivity index (χ3v) is 4.96. The Morgan fingerprint density at radius 2 is 1.67 bits per heavy atom. The number of likely N-dealkylation sites (tertiary alicyclic amines) is 1. The molecule has 2 aliphatic rings. The van der Waals surface area contributed by atoms with Gasteiger partial charge in [0.15, 0.2) is 0 Å². The summed E-state index contributed by atoms with van der Waals surface area (Å²) in [7, 11) is 0. The van der Waals surface area contributed by atoms with Crippen molar-refractivity contribution in [3.8, 4) is 23.5 Å². The lowest BCUT2D eigenvalue weighted by molar-refractivity contribution is 0.0537. The van der Waals surface area contributed by atoms with Crippen molar-refractivity contribution < 1.29 is 9.53 Å². The highest BCUT2D eigenvalue weighted by atomic mass is 16.6. The average Bonchev–Trinajstić information content (AvgIpc) is 2.90. The van der Waals surface area contributed by atoms with Crippen LogP contribution in [0, 0.1) is 18.3 Å².